The maximum absolute atomic E-state index is 9.47. The third-order valence-corrected chi connectivity index (χ3v) is 1.86. The summed E-state index contributed by atoms with van der Waals surface area (Å²) in [5.74, 6) is -0.481. The molecule has 4 heteroatoms. The monoisotopic (exact) mass is 187 g/mol. The molecule has 4 nitrogen and oxygen atoms in total. The minimum absolute atomic E-state index is 0.285. The van der Waals surface area contributed by atoms with Crippen LogP contribution in [0.4, 0.5) is 0 Å². The molecule has 0 heterocycles. The van der Waals surface area contributed by atoms with Crippen molar-refractivity contribution in [2.75, 3.05) is 0 Å². The lowest BCUT2D eigenvalue weighted by atomic mass is 9.85. The standard InChI is InChI=1S/C6H16N2.C3H5NO/c1-5(2,7)6(3,4)8;1-2-3(4)5/h7-8H2,1-4H3;2H,1H2,(H2,4,5). The molecule has 0 saturated heterocycles. The molecule has 0 aromatic rings. The van der Waals surface area contributed by atoms with E-state index < -0.39 is 5.91 Å². The highest BCUT2D eigenvalue weighted by molar-refractivity contribution is 5.84. The smallest absolute Gasteiger partial charge is 0.240 e. The first-order valence-corrected chi connectivity index (χ1v) is 4.02. The van der Waals surface area contributed by atoms with Crippen molar-refractivity contribution >= 4 is 5.91 Å². The third-order valence-electron chi connectivity index (χ3n) is 1.86. The maximum atomic E-state index is 9.47. The molecule has 0 aliphatic heterocycles. The van der Waals surface area contributed by atoms with E-state index in [1.807, 2.05) is 27.7 Å². The molecule has 0 bridgehead atoms. The topological polar surface area (TPSA) is 95.1 Å². The van der Waals surface area contributed by atoms with E-state index in [-0.39, 0.29) is 11.1 Å². The van der Waals surface area contributed by atoms with Crippen LogP contribution in [-0.2, 0) is 4.79 Å². The van der Waals surface area contributed by atoms with Crippen LogP contribution in [0.3, 0.4) is 0 Å². The zero-order valence-electron chi connectivity index (χ0n) is 8.92. The van der Waals surface area contributed by atoms with Crippen LogP contribution in [0.25, 0.3) is 0 Å². The molecule has 0 atom stereocenters. The average molecular weight is 187 g/mol. The number of carbonyl (C=O) groups is 1. The van der Waals surface area contributed by atoms with Gasteiger partial charge in [0.15, 0.2) is 0 Å². The fourth-order valence-corrected chi connectivity index (χ4v) is 0. The van der Waals surface area contributed by atoms with Gasteiger partial charge in [-0.05, 0) is 33.8 Å². The first kappa shape index (κ1) is 14.6. The van der Waals surface area contributed by atoms with Gasteiger partial charge in [-0.15, -0.1) is 0 Å². The SMILES string of the molecule is C=CC(N)=O.CC(C)(N)C(C)(C)N. The van der Waals surface area contributed by atoms with Crippen molar-refractivity contribution in [3.63, 3.8) is 0 Å². The van der Waals surface area contributed by atoms with Crippen molar-refractivity contribution in [2.45, 2.75) is 38.8 Å². The molecule has 0 aliphatic rings. The fourth-order valence-electron chi connectivity index (χ4n) is 0. The van der Waals surface area contributed by atoms with Crippen molar-refractivity contribution < 1.29 is 4.79 Å². The molecule has 0 spiro atoms. The van der Waals surface area contributed by atoms with Gasteiger partial charge in [0.2, 0.25) is 5.91 Å². The molecule has 0 aliphatic carbocycles. The Morgan fingerprint density at radius 3 is 1.31 bits per heavy atom. The highest BCUT2D eigenvalue weighted by Gasteiger charge is 2.28. The van der Waals surface area contributed by atoms with E-state index in [1.165, 1.54) is 0 Å². The number of nitrogens with two attached hydrogens (primary N) is 3. The van der Waals surface area contributed by atoms with Gasteiger partial charge in [0.1, 0.15) is 0 Å². The van der Waals surface area contributed by atoms with Crippen LogP contribution in [0.15, 0.2) is 12.7 Å². The van der Waals surface area contributed by atoms with Gasteiger partial charge in [-0.1, -0.05) is 6.58 Å². The van der Waals surface area contributed by atoms with E-state index in [0.29, 0.717) is 0 Å². The third kappa shape index (κ3) is 9.04. The zero-order chi connectivity index (χ0) is 11.3. The Morgan fingerprint density at radius 1 is 1.15 bits per heavy atom. The number of rotatable bonds is 2. The predicted octanol–water partition coefficient (Wildman–Crippen LogP) is 0.119. The lowest BCUT2D eigenvalue weighted by Crippen LogP contribution is -2.58. The summed E-state index contributed by atoms with van der Waals surface area (Å²) >= 11 is 0. The molecular weight excluding hydrogens is 166 g/mol. The average Bonchev–Trinajstić information content (AvgIpc) is 1.84. The van der Waals surface area contributed by atoms with Crippen LogP contribution in [0.2, 0.25) is 0 Å². The number of primary amides is 1. The minimum Gasteiger partial charge on any atom is -0.366 e. The molecule has 0 unspecified atom stereocenters. The van der Waals surface area contributed by atoms with E-state index in [9.17, 15) is 4.79 Å². The second kappa shape index (κ2) is 4.99. The van der Waals surface area contributed by atoms with Crippen LogP contribution < -0.4 is 17.2 Å². The Hall–Kier alpha value is -0.870. The summed E-state index contributed by atoms with van der Waals surface area (Å²) in [5.41, 5.74) is 15.3. The largest absolute Gasteiger partial charge is 0.366 e. The Morgan fingerprint density at radius 2 is 1.31 bits per heavy atom. The van der Waals surface area contributed by atoms with Crippen molar-refractivity contribution in [3.8, 4) is 0 Å². The van der Waals surface area contributed by atoms with Gasteiger partial charge in [0, 0.05) is 11.1 Å². The fraction of sp³-hybridized carbons (Fsp3) is 0.667. The van der Waals surface area contributed by atoms with Gasteiger partial charge >= 0.3 is 0 Å². The number of hydrogen-bond donors (Lipinski definition) is 3. The van der Waals surface area contributed by atoms with Crippen molar-refractivity contribution in [3.05, 3.63) is 12.7 Å². The Kier molecular flexibility index (Phi) is 5.62. The molecule has 1 amide bonds. The highest BCUT2D eigenvalue weighted by Crippen LogP contribution is 2.13. The highest BCUT2D eigenvalue weighted by atomic mass is 16.1. The molecule has 13 heavy (non-hydrogen) atoms. The van der Waals surface area contributed by atoms with Gasteiger partial charge in [-0.3, -0.25) is 4.79 Å². The predicted molar refractivity (Wildman–Crippen MR) is 55.9 cm³/mol. The molecule has 0 aromatic heterocycles. The van der Waals surface area contributed by atoms with Crippen LogP contribution >= 0.6 is 0 Å². The summed E-state index contributed by atoms with van der Waals surface area (Å²) in [6, 6.07) is 0. The molecule has 0 fully saturated rings. The van der Waals surface area contributed by atoms with Crippen molar-refractivity contribution in [1.82, 2.24) is 0 Å². The van der Waals surface area contributed by atoms with E-state index in [2.05, 4.69) is 12.3 Å². The van der Waals surface area contributed by atoms with E-state index in [4.69, 9.17) is 11.5 Å². The van der Waals surface area contributed by atoms with Crippen molar-refractivity contribution in [1.29, 1.82) is 0 Å². The minimum atomic E-state index is -0.481. The zero-order valence-corrected chi connectivity index (χ0v) is 8.92. The summed E-state index contributed by atoms with van der Waals surface area (Å²) in [5, 5.41) is 0. The first-order valence-electron chi connectivity index (χ1n) is 4.02. The first-order chi connectivity index (χ1) is 5.52. The lowest BCUT2D eigenvalue weighted by Gasteiger charge is -2.34. The molecule has 0 saturated carbocycles. The molecule has 78 valence electrons. The Bertz CT molecular complexity index is 162. The summed E-state index contributed by atoms with van der Waals surface area (Å²) < 4.78 is 0. The van der Waals surface area contributed by atoms with Gasteiger partial charge < -0.3 is 17.2 Å². The Labute approximate surface area is 80.2 Å². The van der Waals surface area contributed by atoms with Crippen molar-refractivity contribution in [2.24, 2.45) is 17.2 Å². The lowest BCUT2D eigenvalue weighted by molar-refractivity contribution is -0.113. The summed E-state index contributed by atoms with van der Waals surface area (Å²) in [6.45, 7) is 10.8. The second-order valence-electron chi connectivity index (χ2n) is 4.05. The summed E-state index contributed by atoms with van der Waals surface area (Å²) in [4.78, 5) is 9.47. The second-order valence-corrected chi connectivity index (χ2v) is 4.05. The van der Waals surface area contributed by atoms with E-state index in [1.54, 1.807) is 0 Å². The van der Waals surface area contributed by atoms with Crippen LogP contribution in [0.1, 0.15) is 27.7 Å². The van der Waals surface area contributed by atoms with E-state index >= 15 is 0 Å². The molecule has 0 aromatic carbocycles. The summed E-state index contributed by atoms with van der Waals surface area (Å²) in [6.07, 6.45) is 1.06. The van der Waals surface area contributed by atoms with Gasteiger partial charge in [0.25, 0.3) is 0 Å². The molecular formula is C9H21N3O. The number of carbonyl (C=O) groups excluding carboxylic acids is 1. The van der Waals surface area contributed by atoms with Gasteiger partial charge in [0.05, 0.1) is 0 Å². The number of hydrogen-bond acceptors (Lipinski definition) is 3. The van der Waals surface area contributed by atoms with Crippen LogP contribution in [-0.4, -0.2) is 17.0 Å². The van der Waals surface area contributed by atoms with Gasteiger partial charge in [-0.2, -0.15) is 0 Å². The molecule has 6 N–H and O–H groups in total. The van der Waals surface area contributed by atoms with Crippen LogP contribution in [0.5, 0.6) is 0 Å². The quantitative estimate of drug-likeness (QED) is 0.536. The molecule has 0 radical (unpaired) electrons. The van der Waals surface area contributed by atoms with Crippen LogP contribution in [0, 0.1) is 0 Å². The van der Waals surface area contributed by atoms with E-state index in [0.717, 1.165) is 6.08 Å². The van der Waals surface area contributed by atoms with Gasteiger partial charge in [-0.25, -0.2) is 0 Å². The maximum Gasteiger partial charge on any atom is 0.240 e. The number of amides is 1. The summed E-state index contributed by atoms with van der Waals surface area (Å²) in [7, 11) is 0. The Balaban J connectivity index is 0. The molecule has 0 rings (SSSR count). The normalized spacial score (nSPS) is 11.2.